The molecule has 0 unspecified atom stereocenters. The fraction of sp³-hybridized carbons (Fsp3) is 0.143. The molecule has 0 spiro atoms. The lowest BCUT2D eigenvalue weighted by Crippen LogP contribution is -1.95. The van der Waals surface area contributed by atoms with Gasteiger partial charge in [0.05, 0.1) is 0 Å². The smallest absolute Gasteiger partial charge is 0.326 e. The number of halogens is 3. The SMILES string of the molecule is NCc1[c]ccc(Cl)c1.[Br][Mg][Br]. The highest BCUT2D eigenvalue weighted by Gasteiger charge is 1.88. The summed E-state index contributed by atoms with van der Waals surface area (Å²) < 4.78 is 0. The van der Waals surface area contributed by atoms with Gasteiger partial charge >= 0.3 is 16.0 Å². The van der Waals surface area contributed by atoms with Gasteiger partial charge in [-0.15, -0.1) is 0 Å². The molecular formula is C7H7Br2ClMgN. The highest BCUT2D eigenvalue weighted by atomic mass is 79.9. The van der Waals surface area contributed by atoms with E-state index in [1.165, 1.54) is 0 Å². The molecule has 0 aliphatic heterocycles. The van der Waals surface area contributed by atoms with E-state index in [9.17, 15) is 0 Å². The van der Waals surface area contributed by atoms with Gasteiger partial charge in [0.2, 0.25) is 0 Å². The third-order valence-electron chi connectivity index (χ3n) is 1.04. The number of hydrogen-bond acceptors (Lipinski definition) is 1. The van der Waals surface area contributed by atoms with Crippen LogP contribution < -0.4 is 5.73 Å². The molecule has 63 valence electrons. The Morgan fingerprint density at radius 2 is 2.17 bits per heavy atom. The minimum absolute atomic E-state index is 0.0417. The van der Waals surface area contributed by atoms with Crippen molar-refractivity contribution in [2.75, 3.05) is 0 Å². The van der Waals surface area contributed by atoms with Crippen molar-refractivity contribution >= 4 is 53.4 Å². The molecule has 0 aromatic heterocycles. The van der Waals surface area contributed by atoms with E-state index in [4.69, 9.17) is 17.3 Å². The van der Waals surface area contributed by atoms with Gasteiger partial charge in [-0.25, -0.2) is 0 Å². The zero-order valence-corrected chi connectivity index (χ0v) is 11.7. The van der Waals surface area contributed by atoms with Crippen molar-refractivity contribution in [2.24, 2.45) is 5.73 Å². The first-order chi connectivity index (χ1) is 5.74. The van der Waals surface area contributed by atoms with Gasteiger partial charge in [-0.1, -0.05) is 17.7 Å². The molecule has 1 rings (SSSR count). The van der Waals surface area contributed by atoms with Crippen molar-refractivity contribution in [2.45, 2.75) is 6.54 Å². The fourth-order valence-corrected chi connectivity index (χ4v) is 0.797. The molecule has 1 aromatic rings. The summed E-state index contributed by atoms with van der Waals surface area (Å²) >= 11 is 12.1. The molecule has 0 saturated carbocycles. The number of rotatable bonds is 1. The Kier molecular flexibility index (Phi) is 9.65. The molecule has 0 aliphatic rings. The van der Waals surface area contributed by atoms with Crippen molar-refractivity contribution in [1.82, 2.24) is 0 Å². The van der Waals surface area contributed by atoms with Crippen LogP contribution in [-0.4, -0.2) is 16.0 Å². The van der Waals surface area contributed by atoms with Crippen LogP contribution in [0.3, 0.4) is 0 Å². The molecule has 0 heterocycles. The zero-order chi connectivity index (χ0) is 9.40. The van der Waals surface area contributed by atoms with Crippen LogP contribution in [0.4, 0.5) is 0 Å². The second-order valence-corrected chi connectivity index (χ2v) is 10.4. The second-order valence-electron chi connectivity index (χ2n) is 1.84. The van der Waals surface area contributed by atoms with Crippen LogP contribution in [0.1, 0.15) is 5.56 Å². The minimum atomic E-state index is 0.0417. The molecule has 1 aromatic carbocycles. The van der Waals surface area contributed by atoms with E-state index < -0.39 is 0 Å². The molecule has 0 bridgehead atoms. The number of nitrogens with two attached hydrogens (primary N) is 1. The van der Waals surface area contributed by atoms with Gasteiger partial charge in [-0.05, 0) is 23.8 Å². The zero-order valence-electron chi connectivity index (χ0n) is 6.36. The number of hydrogen-bond donors (Lipinski definition) is 1. The van der Waals surface area contributed by atoms with E-state index in [0.717, 1.165) is 5.56 Å². The normalized spacial score (nSPS) is 8.00. The van der Waals surface area contributed by atoms with E-state index in [1.807, 2.05) is 6.07 Å². The Balaban J connectivity index is 0.000000354. The average Bonchev–Trinajstić information content (AvgIpc) is 2.06. The van der Waals surface area contributed by atoms with Crippen molar-refractivity contribution in [3.8, 4) is 0 Å². The summed E-state index contributed by atoms with van der Waals surface area (Å²) in [6.45, 7) is 0.501. The van der Waals surface area contributed by atoms with Crippen molar-refractivity contribution in [3.63, 3.8) is 0 Å². The Bertz CT molecular complexity index is 222. The summed E-state index contributed by atoms with van der Waals surface area (Å²) in [6.07, 6.45) is 0. The van der Waals surface area contributed by atoms with E-state index in [-0.39, 0.29) is 16.0 Å². The summed E-state index contributed by atoms with van der Waals surface area (Å²) in [4.78, 5) is 0. The van der Waals surface area contributed by atoms with Gasteiger partial charge < -0.3 is 5.73 Å². The van der Waals surface area contributed by atoms with E-state index in [2.05, 4.69) is 31.8 Å². The Hall–Kier alpha value is 1.20. The molecule has 0 aliphatic carbocycles. The lowest BCUT2D eigenvalue weighted by atomic mass is 10.2. The van der Waals surface area contributed by atoms with Gasteiger partial charge in [0.25, 0.3) is 0 Å². The molecule has 1 radical (unpaired) electrons. The monoisotopic (exact) mass is 322 g/mol. The molecular weight excluding hydrogens is 318 g/mol. The maximum atomic E-state index is 5.65. The van der Waals surface area contributed by atoms with E-state index in [1.54, 1.807) is 12.1 Å². The third-order valence-corrected chi connectivity index (χ3v) is 1.28. The third kappa shape index (κ3) is 6.68. The summed E-state index contributed by atoms with van der Waals surface area (Å²) in [5.74, 6) is 0. The van der Waals surface area contributed by atoms with Crippen LogP contribution >= 0.6 is 37.4 Å². The quantitative estimate of drug-likeness (QED) is 0.790. The first kappa shape index (κ1) is 13.2. The molecule has 0 amide bonds. The predicted octanol–water partition coefficient (Wildman–Crippen LogP) is 2.91. The lowest BCUT2D eigenvalue weighted by molar-refractivity contribution is 1.07. The summed E-state index contributed by atoms with van der Waals surface area (Å²) in [7, 11) is 0. The first-order valence-electron chi connectivity index (χ1n) is 3.22. The maximum absolute atomic E-state index is 5.65. The van der Waals surface area contributed by atoms with Crippen LogP contribution in [0.15, 0.2) is 18.2 Å². The highest BCUT2D eigenvalue weighted by molar-refractivity contribution is 9.47. The van der Waals surface area contributed by atoms with Crippen LogP contribution in [0.5, 0.6) is 0 Å². The first-order valence-corrected chi connectivity index (χ1v) is 11.4. The molecule has 12 heavy (non-hydrogen) atoms. The second kappa shape index (κ2) is 8.78. The molecule has 5 heteroatoms. The van der Waals surface area contributed by atoms with E-state index in [0.29, 0.717) is 11.6 Å². The Morgan fingerprint density at radius 3 is 2.50 bits per heavy atom. The van der Waals surface area contributed by atoms with Crippen molar-refractivity contribution < 1.29 is 0 Å². The molecule has 0 fully saturated rings. The van der Waals surface area contributed by atoms with Crippen molar-refractivity contribution in [1.29, 1.82) is 0 Å². The predicted molar refractivity (Wildman–Crippen MR) is 61.8 cm³/mol. The summed E-state index contributed by atoms with van der Waals surface area (Å²) in [6, 6.07) is 8.30. The van der Waals surface area contributed by atoms with Gasteiger partial charge in [-0.2, -0.15) is 0 Å². The van der Waals surface area contributed by atoms with Crippen LogP contribution in [-0.2, 0) is 6.54 Å². The fourth-order valence-electron chi connectivity index (χ4n) is 0.602. The minimum Gasteiger partial charge on any atom is -0.326 e. The molecule has 0 atom stereocenters. The lowest BCUT2D eigenvalue weighted by Gasteiger charge is -1.93. The molecule has 2 N–H and O–H groups in total. The Morgan fingerprint density at radius 1 is 1.58 bits per heavy atom. The van der Waals surface area contributed by atoms with Crippen LogP contribution in [0.2, 0.25) is 5.02 Å². The summed E-state index contributed by atoms with van der Waals surface area (Å²) in [5.41, 5.74) is 6.28. The summed E-state index contributed by atoms with van der Waals surface area (Å²) in [5, 5.41) is 0.717. The molecule has 1 nitrogen and oxygen atoms in total. The van der Waals surface area contributed by atoms with E-state index >= 15 is 0 Å². The van der Waals surface area contributed by atoms with Crippen LogP contribution in [0, 0.1) is 6.07 Å². The van der Waals surface area contributed by atoms with Gasteiger partial charge in [0, 0.05) is 11.6 Å². The number of benzene rings is 1. The van der Waals surface area contributed by atoms with Gasteiger partial charge in [-0.3, -0.25) is 25.8 Å². The highest BCUT2D eigenvalue weighted by Crippen LogP contribution is 2.08. The van der Waals surface area contributed by atoms with Crippen LogP contribution in [0.25, 0.3) is 0 Å². The van der Waals surface area contributed by atoms with Gasteiger partial charge in [0.1, 0.15) is 0 Å². The average molecular weight is 325 g/mol. The topological polar surface area (TPSA) is 26.0 Å². The maximum Gasteiger partial charge on any atom is 0.560 e. The standard InChI is InChI=1S/C7H7ClN.2BrH.Mg/c8-7-3-1-2-6(4-7)5-9;;;/h1,3-4H,5,9H2;2*1H;/q;;;+2/p-2. The largest absolute Gasteiger partial charge is 0.560 e. The Labute approximate surface area is 99.5 Å². The molecule has 0 saturated heterocycles. The van der Waals surface area contributed by atoms with Crippen molar-refractivity contribution in [3.05, 3.63) is 34.9 Å². The van der Waals surface area contributed by atoms with Gasteiger partial charge in [0.15, 0.2) is 0 Å².